The number of carbonyl (C=O) groups excluding carboxylic acids is 2. The highest BCUT2D eigenvalue weighted by Crippen LogP contribution is 2.32. The Bertz CT molecular complexity index is 957. The quantitative estimate of drug-likeness (QED) is 0.580. The monoisotopic (exact) mass is 440 g/mol. The summed E-state index contributed by atoms with van der Waals surface area (Å²) in [5.74, 6) is -0.874. The van der Waals surface area contributed by atoms with E-state index in [2.05, 4.69) is 21.4 Å². The van der Waals surface area contributed by atoms with Gasteiger partial charge in [0.2, 0.25) is 0 Å². The first-order valence-corrected chi connectivity index (χ1v) is 8.38. The number of methoxy groups -OCH3 is 1. The van der Waals surface area contributed by atoms with Crippen molar-refractivity contribution in [3.8, 4) is 5.75 Å². The minimum Gasteiger partial charge on any atom is -0.496 e. The van der Waals surface area contributed by atoms with Crippen LogP contribution in [0.4, 0.5) is 18.9 Å². The zero-order valence-electron chi connectivity index (χ0n) is 13.8. The van der Waals surface area contributed by atoms with E-state index in [1.165, 1.54) is 25.3 Å². The first-order valence-electron chi connectivity index (χ1n) is 7.58. The second kappa shape index (κ2) is 7.07. The molecule has 1 aliphatic rings. The van der Waals surface area contributed by atoms with Crippen LogP contribution in [0.25, 0.3) is 6.08 Å². The van der Waals surface area contributed by atoms with E-state index < -0.39 is 23.6 Å². The molecule has 140 valence electrons. The molecule has 0 aromatic heterocycles. The van der Waals surface area contributed by atoms with Crippen molar-refractivity contribution >= 4 is 39.5 Å². The molecule has 0 radical (unpaired) electrons. The molecule has 1 heterocycles. The van der Waals surface area contributed by atoms with Crippen LogP contribution in [-0.4, -0.2) is 18.9 Å². The van der Waals surface area contributed by atoms with Crippen molar-refractivity contribution in [1.82, 2.24) is 5.43 Å². The van der Waals surface area contributed by atoms with Gasteiger partial charge in [0, 0.05) is 0 Å². The van der Waals surface area contributed by atoms with E-state index in [-0.39, 0.29) is 11.3 Å². The summed E-state index contributed by atoms with van der Waals surface area (Å²) in [6, 6.07) is 9.10. The first kappa shape index (κ1) is 19.0. The van der Waals surface area contributed by atoms with Gasteiger partial charge in [0.15, 0.2) is 0 Å². The number of ether oxygens (including phenoxy) is 1. The normalized spacial score (nSPS) is 16.0. The van der Waals surface area contributed by atoms with Gasteiger partial charge >= 0.3 is 6.18 Å². The van der Waals surface area contributed by atoms with Crippen molar-refractivity contribution in [1.29, 1.82) is 0 Å². The van der Waals surface area contributed by atoms with Gasteiger partial charge in [-0.1, -0.05) is 12.1 Å². The van der Waals surface area contributed by atoms with Crippen LogP contribution in [0.15, 0.2) is 52.5 Å². The van der Waals surface area contributed by atoms with Crippen molar-refractivity contribution in [3.63, 3.8) is 0 Å². The Hall–Kier alpha value is -2.81. The Morgan fingerprint density at radius 2 is 1.89 bits per heavy atom. The Labute approximate surface area is 160 Å². The smallest absolute Gasteiger partial charge is 0.416 e. The summed E-state index contributed by atoms with van der Waals surface area (Å²) in [6.07, 6.45) is -3.20. The van der Waals surface area contributed by atoms with E-state index in [4.69, 9.17) is 4.74 Å². The van der Waals surface area contributed by atoms with Crippen LogP contribution in [-0.2, 0) is 15.8 Å². The number of anilines is 1. The highest BCUT2D eigenvalue weighted by molar-refractivity contribution is 9.10. The number of hydrogen-bond acceptors (Lipinski definition) is 3. The molecule has 1 fully saturated rings. The summed E-state index contributed by atoms with van der Waals surface area (Å²) in [5.41, 5.74) is 1.64. The molecule has 0 saturated carbocycles. The number of alkyl halides is 3. The van der Waals surface area contributed by atoms with E-state index in [1.807, 2.05) is 0 Å². The molecule has 2 aromatic carbocycles. The molecule has 1 saturated heterocycles. The molecule has 0 atom stereocenters. The highest BCUT2D eigenvalue weighted by Gasteiger charge is 2.36. The molecule has 0 bridgehead atoms. The Balaban J connectivity index is 1.93. The molecular formula is C18H12BrF3N2O3. The van der Waals surface area contributed by atoms with Crippen LogP contribution in [0.3, 0.4) is 0 Å². The number of hydrazine groups is 1. The summed E-state index contributed by atoms with van der Waals surface area (Å²) in [6.45, 7) is 0. The topological polar surface area (TPSA) is 58.6 Å². The fourth-order valence-electron chi connectivity index (χ4n) is 2.50. The maximum atomic E-state index is 12.9. The van der Waals surface area contributed by atoms with Gasteiger partial charge in [-0.05, 0) is 57.9 Å². The molecule has 0 spiro atoms. The second-order valence-electron chi connectivity index (χ2n) is 5.58. The van der Waals surface area contributed by atoms with Gasteiger partial charge in [0.05, 0.1) is 22.8 Å². The lowest BCUT2D eigenvalue weighted by atomic mass is 10.1. The maximum absolute atomic E-state index is 12.9. The lowest BCUT2D eigenvalue weighted by Crippen LogP contribution is -2.35. The Morgan fingerprint density at radius 1 is 1.15 bits per heavy atom. The van der Waals surface area contributed by atoms with E-state index in [0.29, 0.717) is 15.8 Å². The van der Waals surface area contributed by atoms with E-state index in [1.54, 1.807) is 18.2 Å². The zero-order valence-corrected chi connectivity index (χ0v) is 15.4. The number of nitrogens with zero attached hydrogens (tertiary/aromatic N) is 1. The van der Waals surface area contributed by atoms with E-state index in [0.717, 1.165) is 17.1 Å². The van der Waals surface area contributed by atoms with E-state index in [9.17, 15) is 22.8 Å². The Kier molecular flexibility index (Phi) is 4.97. The molecule has 2 amide bonds. The van der Waals surface area contributed by atoms with Crippen LogP contribution in [0.2, 0.25) is 0 Å². The minimum atomic E-state index is -4.56. The van der Waals surface area contributed by atoms with Gasteiger partial charge in [0.25, 0.3) is 11.8 Å². The number of amides is 2. The number of nitrogens with one attached hydrogen (secondary N) is 1. The minimum absolute atomic E-state index is 0.0810. The van der Waals surface area contributed by atoms with Crippen LogP contribution < -0.4 is 15.2 Å². The summed E-state index contributed by atoms with van der Waals surface area (Å²) >= 11 is 3.31. The van der Waals surface area contributed by atoms with Gasteiger partial charge < -0.3 is 4.74 Å². The molecule has 9 heteroatoms. The predicted molar refractivity (Wildman–Crippen MR) is 95.7 cm³/mol. The third kappa shape index (κ3) is 3.82. The average Bonchev–Trinajstić information content (AvgIpc) is 2.89. The van der Waals surface area contributed by atoms with Crippen molar-refractivity contribution in [3.05, 3.63) is 63.6 Å². The molecular weight excluding hydrogens is 429 g/mol. The van der Waals surface area contributed by atoms with Crippen LogP contribution in [0.1, 0.15) is 11.1 Å². The summed E-state index contributed by atoms with van der Waals surface area (Å²) in [5, 5.41) is 0.794. The number of carbonyl (C=O) groups is 2. The molecule has 27 heavy (non-hydrogen) atoms. The fraction of sp³-hybridized carbons (Fsp3) is 0.111. The summed E-state index contributed by atoms with van der Waals surface area (Å²) < 4.78 is 44.4. The molecule has 0 unspecified atom stereocenters. The zero-order chi connectivity index (χ0) is 19.8. The number of halogens is 4. The summed E-state index contributed by atoms with van der Waals surface area (Å²) in [4.78, 5) is 24.7. The van der Waals surface area contributed by atoms with Crippen molar-refractivity contribution in [2.24, 2.45) is 0 Å². The van der Waals surface area contributed by atoms with Crippen molar-refractivity contribution in [2.75, 3.05) is 12.1 Å². The lowest BCUT2D eigenvalue weighted by Gasteiger charge is -2.16. The second-order valence-corrected chi connectivity index (χ2v) is 6.44. The van der Waals surface area contributed by atoms with Gasteiger partial charge in [0.1, 0.15) is 11.3 Å². The molecule has 2 aromatic rings. The molecule has 3 rings (SSSR count). The van der Waals surface area contributed by atoms with Crippen molar-refractivity contribution < 1.29 is 27.5 Å². The fourth-order valence-corrected chi connectivity index (χ4v) is 3.06. The Morgan fingerprint density at radius 3 is 2.52 bits per heavy atom. The lowest BCUT2D eigenvalue weighted by molar-refractivity contribution is -0.137. The predicted octanol–water partition coefficient (Wildman–Crippen LogP) is 3.94. The number of rotatable bonds is 3. The van der Waals surface area contributed by atoms with Gasteiger partial charge in [-0.3, -0.25) is 15.0 Å². The first-order chi connectivity index (χ1) is 12.7. The van der Waals surface area contributed by atoms with Gasteiger partial charge in [-0.25, -0.2) is 5.01 Å². The van der Waals surface area contributed by atoms with Crippen molar-refractivity contribution in [2.45, 2.75) is 6.18 Å². The third-order valence-electron chi connectivity index (χ3n) is 3.81. The molecule has 1 N–H and O–H groups in total. The summed E-state index contributed by atoms with van der Waals surface area (Å²) in [7, 11) is 1.50. The van der Waals surface area contributed by atoms with Gasteiger partial charge in [-0.2, -0.15) is 13.2 Å². The largest absolute Gasteiger partial charge is 0.496 e. The van der Waals surface area contributed by atoms with Crippen LogP contribution >= 0.6 is 15.9 Å². The standard InChI is InChI=1S/C18H12BrF3N2O3/c1-27-15-6-5-10(8-14(15)19)7-13-16(25)23-24(17(13)26)12-4-2-3-11(9-12)18(20,21)22/h2-9H,1H3,(H,23,25). The molecule has 0 aliphatic carbocycles. The highest BCUT2D eigenvalue weighted by atomic mass is 79.9. The SMILES string of the molecule is COc1ccc(C=C2C(=O)NN(c3cccc(C(F)(F)F)c3)C2=O)cc1Br. The number of hydrogen-bond donors (Lipinski definition) is 1. The van der Waals surface area contributed by atoms with Crippen LogP contribution in [0.5, 0.6) is 5.75 Å². The maximum Gasteiger partial charge on any atom is 0.416 e. The average molecular weight is 441 g/mol. The molecule has 5 nitrogen and oxygen atoms in total. The third-order valence-corrected chi connectivity index (χ3v) is 4.43. The number of benzene rings is 2. The van der Waals surface area contributed by atoms with Crippen LogP contribution in [0, 0.1) is 0 Å². The van der Waals surface area contributed by atoms with Gasteiger partial charge in [-0.15, -0.1) is 0 Å². The molecule has 1 aliphatic heterocycles. The van der Waals surface area contributed by atoms with E-state index >= 15 is 0 Å².